The number of benzene rings is 2. The molecule has 2 aliphatic rings. The number of amidine groups is 1. The van der Waals surface area contributed by atoms with Gasteiger partial charge in [0.05, 0.1) is 23.9 Å². The van der Waals surface area contributed by atoms with Crippen molar-refractivity contribution >= 4 is 34.5 Å². The molecule has 0 unspecified atom stereocenters. The highest BCUT2D eigenvalue weighted by Gasteiger charge is 2.38. The first-order valence-electron chi connectivity index (χ1n) is 11.1. The Balaban J connectivity index is 1.61. The molecule has 4 rings (SSSR count). The third-order valence-corrected chi connectivity index (χ3v) is 6.40. The van der Waals surface area contributed by atoms with Crippen molar-refractivity contribution < 1.29 is 19.1 Å². The van der Waals surface area contributed by atoms with Crippen LogP contribution in [0.4, 0.5) is 5.69 Å². The van der Waals surface area contributed by atoms with Crippen molar-refractivity contribution in [3.8, 4) is 5.75 Å². The Labute approximate surface area is 203 Å². The van der Waals surface area contributed by atoms with Gasteiger partial charge in [-0.25, -0.2) is 9.79 Å². The maximum atomic E-state index is 12.9. The maximum absolute atomic E-state index is 12.9. The molecule has 0 aromatic heterocycles. The Hall–Kier alpha value is -3.52. The van der Waals surface area contributed by atoms with E-state index in [1.807, 2.05) is 73.7 Å². The van der Waals surface area contributed by atoms with E-state index in [4.69, 9.17) is 9.47 Å². The summed E-state index contributed by atoms with van der Waals surface area (Å²) in [5, 5.41) is 5.65. The zero-order valence-electron chi connectivity index (χ0n) is 19.6. The molecule has 34 heavy (non-hydrogen) atoms. The zero-order valence-corrected chi connectivity index (χ0v) is 20.4. The normalized spacial score (nSPS) is 16.8. The summed E-state index contributed by atoms with van der Waals surface area (Å²) < 4.78 is 11.3. The van der Waals surface area contributed by atoms with Crippen molar-refractivity contribution in [2.24, 2.45) is 4.99 Å². The third-order valence-electron chi connectivity index (χ3n) is 5.63. The maximum Gasteiger partial charge on any atom is 0.338 e. The van der Waals surface area contributed by atoms with Crippen molar-refractivity contribution in [2.75, 3.05) is 18.5 Å². The number of amides is 1. The number of aliphatic imine (C=N–C) groups is 1. The van der Waals surface area contributed by atoms with E-state index in [0.717, 1.165) is 27.5 Å². The van der Waals surface area contributed by atoms with Gasteiger partial charge < -0.3 is 19.7 Å². The van der Waals surface area contributed by atoms with Gasteiger partial charge in [0.2, 0.25) is 0 Å². The first kappa shape index (κ1) is 23.6. The van der Waals surface area contributed by atoms with Gasteiger partial charge in [0.1, 0.15) is 5.75 Å². The molecule has 0 saturated heterocycles. The monoisotopic (exact) mass is 477 g/mol. The van der Waals surface area contributed by atoms with Crippen LogP contribution in [0.2, 0.25) is 0 Å². The van der Waals surface area contributed by atoms with Crippen LogP contribution in [-0.2, 0) is 14.3 Å². The summed E-state index contributed by atoms with van der Waals surface area (Å²) in [7, 11) is 0. The number of fused-ring (bicyclic) bond motifs is 1. The average Bonchev–Trinajstić information content (AvgIpc) is 3.27. The lowest BCUT2D eigenvalue weighted by Gasteiger charge is -2.34. The molecule has 7 nitrogen and oxygen atoms in total. The molecule has 0 saturated carbocycles. The fraction of sp³-hybridized carbons (Fsp3) is 0.269. The van der Waals surface area contributed by atoms with Crippen LogP contribution in [0, 0.1) is 13.8 Å². The third kappa shape index (κ3) is 4.72. The number of aryl methyl sites for hydroxylation is 2. The van der Waals surface area contributed by atoms with Gasteiger partial charge in [-0.3, -0.25) is 4.79 Å². The topological polar surface area (TPSA) is 80.2 Å². The number of carbonyl (C=O) groups is 2. The van der Waals surface area contributed by atoms with Crippen LogP contribution in [0.25, 0.3) is 0 Å². The van der Waals surface area contributed by atoms with Gasteiger partial charge in [0.15, 0.2) is 11.8 Å². The number of nitrogens with one attached hydrogen (secondary N) is 1. The number of hydrogen-bond donors (Lipinski definition) is 1. The van der Waals surface area contributed by atoms with E-state index in [1.165, 1.54) is 11.8 Å². The molecule has 0 aliphatic carbocycles. The Morgan fingerprint density at radius 3 is 2.56 bits per heavy atom. The van der Waals surface area contributed by atoms with E-state index in [-0.39, 0.29) is 19.1 Å². The number of allylic oxidation sites excluding steroid dienone is 1. The lowest BCUT2D eigenvalue weighted by atomic mass is 9.94. The van der Waals surface area contributed by atoms with Gasteiger partial charge in [0.25, 0.3) is 5.91 Å². The molecule has 2 heterocycles. The predicted molar refractivity (Wildman–Crippen MR) is 135 cm³/mol. The van der Waals surface area contributed by atoms with Gasteiger partial charge >= 0.3 is 5.97 Å². The highest BCUT2D eigenvalue weighted by molar-refractivity contribution is 8.16. The van der Waals surface area contributed by atoms with Crippen LogP contribution in [-0.4, -0.2) is 35.2 Å². The Morgan fingerprint density at radius 1 is 1.09 bits per heavy atom. The molecule has 8 heteroatoms. The molecular formula is C26H27N3O4S. The highest BCUT2D eigenvalue weighted by Crippen LogP contribution is 2.43. The molecule has 1 atom stereocenters. The Bertz CT molecular complexity index is 1200. The predicted octanol–water partition coefficient (Wildman–Crippen LogP) is 5.09. The number of ether oxygens (including phenoxy) is 2. The molecule has 2 aromatic rings. The second-order valence-electron chi connectivity index (χ2n) is 7.97. The summed E-state index contributed by atoms with van der Waals surface area (Å²) >= 11 is 1.49. The second-order valence-corrected chi connectivity index (χ2v) is 8.84. The quantitative estimate of drug-likeness (QED) is 0.560. The molecule has 1 N–H and O–H groups in total. The molecule has 176 valence electrons. The Morgan fingerprint density at radius 2 is 1.82 bits per heavy atom. The van der Waals surface area contributed by atoms with Crippen molar-refractivity contribution in [1.82, 2.24) is 4.90 Å². The second kappa shape index (κ2) is 10.2. The van der Waals surface area contributed by atoms with Crippen LogP contribution >= 0.6 is 11.8 Å². The fourth-order valence-electron chi connectivity index (χ4n) is 4.04. The van der Waals surface area contributed by atoms with E-state index in [2.05, 4.69) is 10.3 Å². The number of thioether (sulfide) groups is 1. The lowest BCUT2D eigenvalue weighted by molar-refractivity contribution is -0.139. The van der Waals surface area contributed by atoms with Crippen molar-refractivity contribution in [2.45, 2.75) is 33.7 Å². The minimum absolute atomic E-state index is 0.166. The van der Waals surface area contributed by atoms with Gasteiger partial charge in [-0.15, -0.1) is 0 Å². The first-order valence-corrected chi connectivity index (χ1v) is 11.9. The first-order chi connectivity index (χ1) is 16.4. The summed E-state index contributed by atoms with van der Waals surface area (Å²) in [6.45, 7) is 7.59. The largest absolute Gasteiger partial charge is 0.483 e. The SMILES string of the molecule is CCOC(=O)C1=C(C)N=C2SC=CN2[C@H]1c1ccccc1OCC(=O)Nc1c(C)cccc1C. The summed E-state index contributed by atoms with van der Waals surface area (Å²) in [5.74, 6) is -0.155. The molecule has 2 aliphatic heterocycles. The molecule has 0 fully saturated rings. The molecule has 2 aromatic carbocycles. The minimum Gasteiger partial charge on any atom is -0.483 e. The number of esters is 1. The van der Waals surface area contributed by atoms with Crippen molar-refractivity contribution in [1.29, 1.82) is 0 Å². The van der Waals surface area contributed by atoms with Crippen LogP contribution in [0.15, 0.2) is 70.3 Å². The van der Waals surface area contributed by atoms with Gasteiger partial charge in [-0.2, -0.15) is 0 Å². The molecule has 0 bridgehead atoms. The number of rotatable bonds is 7. The number of carbonyl (C=O) groups excluding carboxylic acids is 2. The summed E-state index contributed by atoms with van der Waals surface area (Å²) in [6.07, 6.45) is 1.89. The molecule has 1 amide bonds. The molecule has 0 radical (unpaired) electrons. The summed E-state index contributed by atoms with van der Waals surface area (Å²) in [4.78, 5) is 32.1. The van der Waals surface area contributed by atoms with E-state index in [1.54, 1.807) is 13.0 Å². The standard InChI is InChI=1S/C26H27N3O4S/c1-5-32-25(31)22-18(4)27-26-29(13-14-34-26)24(22)19-11-6-7-12-20(19)33-15-21(30)28-23-16(2)9-8-10-17(23)3/h6-14,24H,5,15H2,1-4H3,(H,28,30)/t24-/m0/s1. The van der Waals surface area contributed by atoms with E-state index in [9.17, 15) is 9.59 Å². The number of nitrogens with zero attached hydrogens (tertiary/aromatic N) is 2. The molecule has 0 spiro atoms. The highest BCUT2D eigenvalue weighted by atomic mass is 32.2. The smallest absolute Gasteiger partial charge is 0.338 e. The van der Waals surface area contributed by atoms with Gasteiger partial charge in [-0.05, 0) is 50.3 Å². The van der Waals surface area contributed by atoms with E-state index in [0.29, 0.717) is 17.0 Å². The van der Waals surface area contributed by atoms with Crippen molar-refractivity contribution in [3.63, 3.8) is 0 Å². The average molecular weight is 478 g/mol. The van der Waals surface area contributed by atoms with Crippen LogP contribution in [0.1, 0.15) is 36.6 Å². The fourth-order valence-corrected chi connectivity index (χ4v) is 4.84. The van der Waals surface area contributed by atoms with Gasteiger partial charge in [-0.1, -0.05) is 48.2 Å². The van der Waals surface area contributed by atoms with Gasteiger partial charge in [0, 0.05) is 17.5 Å². The zero-order chi connectivity index (χ0) is 24.2. The lowest BCUT2D eigenvalue weighted by Crippen LogP contribution is -2.34. The number of para-hydroxylation sites is 2. The Kier molecular flexibility index (Phi) is 7.07. The van der Waals surface area contributed by atoms with Crippen LogP contribution in [0.3, 0.4) is 0 Å². The summed E-state index contributed by atoms with van der Waals surface area (Å²) in [6, 6.07) is 12.8. The number of anilines is 1. The van der Waals surface area contributed by atoms with Crippen LogP contribution in [0.5, 0.6) is 5.75 Å². The van der Waals surface area contributed by atoms with Crippen LogP contribution < -0.4 is 10.1 Å². The molecular weight excluding hydrogens is 450 g/mol. The van der Waals surface area contributed by atoms with E-state index >= 15 is 0 Å². The summed E-state index contributed by atoms with van der Waals surface area (Å²) in [5.41, 5.74) is 4.58. The van der Waals surface area contributed by atoms with E-state index < -0.39 is 12.0 Å². The number of hydrogen-bond acceptors (Lipinski definition) is 7. The van der Waals surface area contributed by atoms with Crippen molar-refractivity contribution in [3.05, 3.63) is 82.0 Å². The minimum atomic E-state index is -0.476.